The first-order chi connectivity index (χ1) is 7.72. The van der Waals surface area contributed by atoms with Crippen LogP contribution in [0.2, 0.25) is 0 Å². The molecule has 0 aromatic rings. The number of aliphatic hydroxyl groups excluding tert-OH is 1. The van der Waals surface area contributed by atoms with Gasteiger partial charge in [-0.1, -0.05) is 0 Å². The molecule has 0 aromatic heterocycles. The molecule has 0 bridgehead atoms. The largest absolute Gasteiger partial charge is 0.386 e. The van der Waals surface area contributed by atoms with Gasteiger partial charge in [-0.05, 0) is 13.3 Å². The molecule has 2 heterocycles. The monoisotopic (exact) mass is 231 g/mol. The van der Waals surface area contributed by atoms with Gasteiger partial charge in [0.2, 0.25) is 0 Å². The first kappa shape index (κ1) is 12.3. The van der Waals surface area contributed by atoms with Crippen molar-refractivity contribution in [3.05, 3.63) is 0 Å². The lowest BCUT2D eigenvalue weighted by Crippen LogP contribution is -2.58. The normalized spacial score (nSPS) is 42.2. The van der Waals surface area contributed by atoms with Crippen LogP contribution in [-0.4, -0.2) is 68.0 Å². The fourth-order valence-corrected chi connectivity index (χ4v) is 2.50. The molecular weight excluding hydrogens is 210 g/mol. The standard InChI is InChI=1S/C11H21NO4/c1-8-7-9(10(13)11(14-2)16-8)12-3-5-15-6-4-12/h8-11,13H,3-7H2,1-2H3. The van der Waals surface area contributed by atoms with Crippen molar-refractivity contribution in [2.24, 2.45) is 0 Å². The summed E-state index contributed by atoms with van der Waals surface area (Å²) >= 11 is 0. The average molecular weight is 231 g/mol. The molecule has 5 heteroatoms. The second-order valence-electron chi connectivity index (χ2n) is 4.49. The summed E-state index contributed by atoms with van der Waals surface area (Å²) in [6, 6.07) is 0.123. The Morgan fingerprint density at radius 1 is 1.31 bits per heavy atom. The quantitative estimate of drug-likeness (QED) is 0.715. The highest BCUT2D eigenvalue weighted by Crippen LogP contribution is 2.25. The number of hydrogen-bond acceptors (Lipinski definition) is 5. The van der Waals surface area contributed by atoms with Crippen LogP contribution in [0.1, 0.15) is 13.3 Å². The van der Waals surface area contributed by atoms with Crippen molar-refractivity contribution < 1.29 is 19.3 Å². The molecule has 4 unspecified atom stereocenters. The molecule has 2 aliphatic heterocycles. The maximum Gasteiger partial charge on any atom is 0.184 e. The number of ether oxygens (including phenoxy) is 3. The lowest BCUT2D eigenvalue weighted by molar-refractivity contribution is -0.247. The molecule has 0 spiro atoms. The minimum atomic E-state index is -0.570. The first-order valence-electron chi connectivity index (χ1n) is 5.90. The maximum absolute atomic E-state index is 10.2. The molecule has 16 heavy (non-hydrogen) atoms. The van der Waals surface area contributed by atoms with E-state index in [-0.39, 0.29) is 12.1 Å². The van der Waals surface area contributed by atoms with Crippen LogP contribution in [0.4, 0.5) is 0 Å². The van der Waals surface area contributed by atoms with Crippen LogP contribution >= 0.6 is 0 Å². The molecule has 0 saturated carbocycles. The average Bonchev–Trinajstić information content (AvgIpc) is 2.33. The number of nitrogens with zero attached hydrogens (tertiary/aromatic N) is 1. The molecule has 4 atom stereocenters. The van der Waals surface area contributed by atoms with E-state index in [1.807, 2.05) is 6.92 Å². The Labute approximate surface area is 96.3 Å². The molecule has 5 nitrogen and oxygen atoms in total. The Balaban J connectivity index is 2.00. The zero-order chi connectivity index (χ0) is 11.5. The smallest absolute Gasteiger partial charge is 0.184 e. The van der Waals surface area contributed by atoms with Gasteiger partial charge in [0, 0.05) is 26.2 Å². The summed E-state index contributed by atoms with van der Waals surface area (Å²) in [6.45, 7) is 5.27. The Hall–Kier alpha value is -0.200. The van der Waals surface area contributed by atoms with E-state index in [9.17, 15) is 5.11 Å². The van der Waals surface area contributed by atoms with Crippen LogP contribution in [0.3, 0.4) is 0 Å². The zero-order valence-electron chi connectivity index (χ0n) is 9.96. The molecule has 0 aliphatic carbocycles. The molecule has 0 amide bonds. The van der Waals surface area contributed by atoms with Crippen LogP contribution in [0.5, 0.6) is 0 Å². The topological polar surface area (TPSA) is 51.2 Å². The highest BCUT2D eigenvalue weighted by atomic mass is 16.7. The third-order valence-corrected chi connectivity index (χ3v) is 3.36. The lowest BCUT2D eigenvalue weighted by Gasteiger charge is -2.44. The van der Waals surface area contributed by atoms with Gasteiger partial charge in [0.05, 0.1) is 19.3 Å². The SMILES string of the molecule is COC1OC(C)CC(N2CCOCC2)C1O. The molecule has 0 radical (unpaired) electrons. The molecule has 0 aromatic carbocycles. The fraction of sp³-hybridized carbons (Fsp3) is 1.00. The van der Waals surface area contributed by atoms with Crippen LogP contribution in [-0.2, 0) is 14.2 Å². The summed E-state index contributed by atoms with van der Waals surface area (Å²) in [6.07, 6.45) is -0.0989. The van der Waals surface area contributed by atoms with Crippen LogP contribution in [0.25, 0.3) is 0 Å². The Morgan fingerprint density at radius 3 is 2.62 bits per heavy atom. The van der Waals surface area contributed by atoms with Crippen LogP contribution in [0.15, 0.2) is 0 Å². The molecule has 2 aliphatic rings. The minimum Gasteiger partial charge on any atom is -0.386 e. The summed E-state index contributed by atoms with van der Waals surface area (Å²) in [4.78, 5) is 2.28. The van der Waals surface area contributed by atoms with Gasteiger partial charge >= 0.3 is 0 Å². The molecular formula is C11H21NO4. The summed E-state index contributed by atoms with van der Waals surface area (Å²) in [7, 11) is 1.57. The molecule has 2 saturated heterocycles. The van der Waals surface area contributed by atoms with Gasteiger partial charge in [0.15, 0.2) is 6.29 Å². The predicted octanol–water partition coefficient (Wildman–Crippen LogP) is -0.171. The molecule has 2 fully saturated rings. The molecule has 94 valence electrons. The third kappa shape index (κ3) is 2.55. The van der Waals surface area contributed by atoms with Crippen molar-refractivity contribution in [2.75, 3.05) is 33.4 Å². The lowest BCUT2D eigenvalue weighted by atomic mass is 9.98. The Morgan fingerprint density at radius 2 is 2.00 bits per heavy atom. The van der Waals surface area contributed by atoms with Crippen molar-refractivity contribution in [2.45, 2.75) is 37.9 Å². The number of methoxy groups -OCH3 is 1. The second-order valence-corrected chi connectivity index (χ2v) is 4.49. The van der Waals surface area contributed by atoms with E-state index in [4.69, 9.17) is 14.2 Å². The molecule has 2 rings (SSSR count). The number of rotatable bonds is 2. The van der Waals surface area contributed by atoms with Gasteiger partial charge in [-0.25, -0.2) is 0 Å². The van der Waals surface area contributed by atoms with Gasteiger partial charge in [0.1, 0.15) is 6.10 Å². The molecule has 1 N–H and O–H groups in total. The van der Waals surface area contributed by atoms with Gasteiger partial charge < -0.3 is 19.3 Å². The van der Waals surface area contributed by atoms with E-state index in [0.717, 1.165) is 32.7 Å². The number of morpholine rings is 1. The van der Waals surface area contributed by atoms with E-state index >= 15 is 0 Å². The maximum atomic E-state index is 10.2. The summed E-state index contributed by atoms with van der Waals surface area (Å²) in [5.74, 6) is 0. The highest BCUT2D eigenvalue weighted by Gasteiger charge is 2.39. The predicted molar refractivity (Wildman–Crippen MR) is 58.1 cm³/mol. The first-order valence-corrected chi connectivity index (χ1v) is 5.90. The van der Waals surface area contributed by atoms with Gasteiger partial charge in [-0.3, -0.25) is 4.90 Å². The minimum absolute atomic E-state index is 0.123. The van der Waals surface area contributed by atoms with E-state index in [1.165, 1.54) is 0 Å². The fourth-order valence-electron chi connectivity index (χ4n) is 2.50. The van der Waals surface area contributed by atoms with Gasteiger partial charge in [-0.15, -0.1) is 0 Å². The highest BCUT2D eigenvalue weighted by molar-refractivity contribution is 4.88. The number of aliphatic hydroxyl groups is 1. The summed E-state index contributed by atoms with van der Waals surface area (Å²) < 4.78 is 16.0. The van der Waals surface area contributed by atoms with Crippen molar-refractivity contribution in [3.63, 3.8) is 0 Å². The van der Waals surface area contributed by atoms with Gasteiger partial charge in [-0.2, -0.15) is 0 Å². The second kappa shape index (κ2) is 5.42. The summed E-state index contributed by atoms with van der Waals surface area (Å²) in [5, 5.41) is 10.2. The van der Waals surface area contributed by atoms with Crippen LogP contribution in [0, 0.1) is 0 Å². The van der Waals surface area contributed by atoms with E-state index in [0.29, 0.717) is 0 Å². The van der Waals surface area contributed by atoms with Crippen molar-refractivity contribution >= 4 is 0 Å². The number of hydrogen-bond donors (Lipinski definition) is 1. The van der Waals surface area contributed by atoms with Crippen molar-refractivity contribution in [1.29, 1.82) is 0 Å². The van der Waals surface area contributed by atoms with E-state index in [1.54, 1.807) is 7.11 Å². The zero-order valence-corrected chi connectivity index (χ0v) is 9.96. The summed E-state index contributed by atoms with van der Waals surface area (Å²) in [5.41, 5.74) is 0. The van der Waals surface area contributed by atoms with Crippen molar-refractivity contribution in [1.82, 2.24) is 4.90 Å². The van der Waals surface area contributed by atoms with E-state index in [2.05, 4.69) is 4.90 Å². The Bertz CT molecular complexity index is 218. The van der Waals surface area contributed by atoms with Crippen molar-refractivity contribution in [3.8, 4) is 0 Å². The third-order valence-electron chi connectivity index (χ3n) is 3.36. The van der Waals surface area contributed by atoms with Crippen LogP contribution < -0.4 is 0 Å². The Kier molecular flexibility index (Phi) is 4.16. The van der Waals surface area contributed by atoms with E-state index < -0.39 is 12.4 Å². The van der Waals surface area contributed by atoms with Gasteiger partial charge in [0.25, 0.3) is 0 Å².